The van der Waals surface area contributed by atoms with Crippen LogP contribution in [-0.2, 0) is 0 Å². The van der Waals surface area contributed by atoms with E-state index >= 15 is 0 Å². The lowest BCUT2D eigenvalue weighted by atomic mass is 10.0. The van der Waals surface area contributed by atoms with E-state index in [4.69, 9.17) is 0 Å². The summed E-state index contributed by atoms with van der Waals surface area (Å²) >= 11 is 0. The van der Waals surface area contributed by atoms with Crippen LogP contribution in [0.4, 0.5) is 5.69 Å². The smallest absolute Gasteiger partial charge is 0.159 e. The quantitative estimate of drug-likeness (QED) is 0.797. The van der Waals surface area contributed by atoms with Crippen molar-refractivity contribution < 1.29 is 9.59 Å². The highest BCUT2D eigenvalue weighted by molar-refractivity contribution is 6.00. The van der Waals surface area contributed by atoms with Crippen molar-refractivity contribution in [3.63, 3.8) is 0 Å². The van der Waals surface area contributed by atoms with Gasteiger partial charge < -0.3 is 5.32 Å². The zero-order chi connectivity index (χ0) is 12.7. The molecule has 0 heterocycles. The summed E-state index contributed by atoms with van der Waals surface area (Å²) in [6, 6.07) is 5.08. The maximum Gasteiger partial charge on any atom is 0.159 e. The van der Waals surface area contributed by atoms with Gasteiger partial charge in [-0.05, 0) is 32.0 Å². The Balaban J connectivity index is 0.00000106. The number of hydrogen-bond acceptors (Lipinski definition) is 3. The van der Waals surface area contributed by atoms with Crippen LogP contribution in [0.3, 0.4) is 0 Å². The summed E-state index contributed by atoms with van der Waals surface area (Å²) in [6.45, 7) is 6.97. The molecule has 0 bridgehead atoms. The Morgan fingerprint density at radius 1 is 0.938 bits per heavy atom. The van der Waals surface area contributed by atoms with E-state index in [1.807, 2.05) is 13.8 Å². The molecule has 1 N–H and O–H groups in total. The zero-order valence-corrected chi connectivity index (χ0v) is 10.5. The summed E-state index contributed by atoms with van der Waals surface area (Å²) in [5.74, 6) is -0.0748. The van der Waals surface area contributed by atoms with Crippen LogP contribution in [0.1, 0.15) is 48.4 Å². The van der Waals surface area contributed by atoms with Crippen LogP contribution in [0.2, 0.25) is 0 Å². The summed E-state index contributed by atoms with van der Waals surface area (Å²) in [5, 5.41) is 2.91. The first kappa shape index (κ1) is 14.4. The van der Waals surface area contributed by atoms with E-state index in [0.717, 1.165) is 5.69 Å². The Hall–Kier alpha value is -1.64. The van der Waals surface area contributed by atoms with E-state index < -0.39 is 0 Å². The molecule has 0 aliphatic heterocycles. The molecule has 0 aliphatic rings. The Bertz CT molecular complexity index is 351. The molecule has 1 aromatic carbocycles. The topological polar surface area (TPSA) is 46.2 Å². The highest BCUT2D eigenvalue weighted by atomic mass is 16.1. The molecule has 0 aromatic heterocycles. The SMILES string of the molecule is CC.CNc1cc(C(C)=O)cc(C(C)=O)c1. The number of benzene rings is 1. The van der Waals surface area contributed by atoms with Gasteiger partial charge in [0, 0.05) is 23.9 Å². The van der Waals surface area contributed by atoms with Gasteiger partial charge in [-0.1, -0.05) is 13.8 Å². The van der Waals surface area contributed by atoms with E-state index in [0.29, 0.717) is 11.1 Å². The fraction of sp³-hybridized carbons (Fsp3) is 0.385. The normalized spacial score (nSPS) is 8.81. The summed E-state index contributed by atoms with van der Waals surface area (Å²) in [7, 11) is 1.75. The second-order valence-corrected chi connectivity index (χ2v) is 3.16. The lowest BCUT2D eigenvalue weighted by molar-refractivity contribution is 0.101. The number of Topliss-reactive ketones (excluding diaryl/α,β-unsaturated/α-hetero) is 2. The highest BCUT2D eigenvalue weighted by Crippen LogP contribution is 2.15. The van der Waals surface area contributed by atoms with E-state index in [1.165, 1.54) is 13.8 Å². The Morgan fingerprint density at radius 2 is 1.31 bits per heavy atom. The number of rotatable bonds is 3. The largest absolute Gasteiger partial charge is 0.388 e. The van der Waals surface area contributed by atoms with Gasteiger partial charge >= 0.3 is 0 Å². The maximum atomic E-state index is 11.1. The summed E-state index contributed by atoms with van der Waals surface area (Å²) < 4.78 is 0. The van der Waals surface area contributed by atoms with Gasteiger partial charge in [0.15, 0.2) is 11.6 Å². The number of carbonyl (C=O) groups excluding carboxylic acids is 2. The predicted molar refractivity (Wildman–Crippen MR) is 67.3 cm³/mol. The number of ketones is 2. The third-order valence-electron chi connectivity index (χ3n) is 2.03. The van der Waals surface area contributed by atoms with Crippen LogP contribution in [0.5, 0.6) is 0 Å². The number of carbonyl (C=O) groups is 2. The molecule has 3 heteroatoms. The molecule has 0 fully saturated rings. The van der Waals surface area contributed by atoms with E-state index in [9.17, 15) is 9.59 Å². The van der Waals surface area contributed by atoms with Gasteiger partial charge in [-0.3, -0.25) is 9.59 Å². The second-order valence-electron chi connectivity index (χ2n) is 3.16. The maximum absolute atomic E-state index is 11.1. The summed E-state index contributed by atoms with van der Waals surface area (Å²) in [5.41, 5.74) is 1.90. The minimum absolute atomic E-state index is 0.0374. The molecule has 0 saturated carbocycles. The van der Waals surface area contributed by atoms with Crippen LogP contribution < -0.4 is 5.32 Å². The predicted octanol–water partition coefficient (Wildman–Crippen LogP) is 3.16. The molecule has 0 amide bonds. The standard InChI is InChI=1S/C11H13NO2.C2H6/c1-7(13)9-4-10(8(2)14)6-11(5-9)12-3;1-2/h4-6,12H,1-3H3;1-2H3. The van der Waals surface area contributed by atoms with Crippen molar-refractivity contribution in [3.8, 4) is 0 Å². The van der Waals surface area contributed by atoms with Gasteiger partial charge in [0.2, 0.25) is 0 Å². The third-order valence-corrected chi connectivity index (χ3v) is 2.03. The summed E-state index contributed by atoms with van der Waals surface area (Å²) in [6.07, 6.45) is 0. The number of nitrogens with one attached hydrogen (secondary N) is 1. The molecule has 3 nitrogen and oxygen atoms in total. The van der Waals surface area contributed by atoms with Crippen molar-refractivity contribution in [1.29, 1.82) is 0 Å². The van der Waals surface area contributed by atoms with E-state index in [2.05, 4.69) is 5.32 Å². The molecule has 0 saturated heterocycles. The molecule has 0 radical (unpaired) electrons. The average molecular weight is 221 g/mol. The molecule has 0 atom stereocenters. The van der Waals surface area contributed by atoms with Crippen molar-refractivity contribution in [2.45, 2.75) is 27.7 Å². The molecular weight excluding hydrogens is 202 g/mol. The molecule has 1 aromatic rings. The minimum Gasteiger partial charge on any atom is -0.388 e. The molecule has 0 unspecified atom stereocenters. The Labute approximate surface area is 96.9 Å². The van der Waals surface area contributed by atoms with Crippen LogP contribution in [0.25, 0.3) is 0 Å². The van der Waals surface area contributed by atoms with Crippen LogP contribution in [0.15, 0.2) is 18.2 Å². The first-order chi connectivity index (χ1) is 7.54. The van der Waals surface area contributed by atoms with Crippen LogP contribution >= 0.6 is 0 Å². The molecule has 0 spiro atoms. The molecule has 16 heavy (non-hydrogen) atoms. The first-order valence-corrected chi connectivity index (χ1v) is 5.39. The van der Waals surface area contributed by atoms with E-state index in [-0.39, 0.29) is 11.6 Å². The van der Waals surface area contributed by atoms with Gasteiger partial charge in [0.05, 0.1) is 0 Å². The molecule has 1 rings (SSSR count). The second kappa shape index (κ2) is 6.77. The monoisotopic (exact) mass is 221 g/mol. The van der Waals surface area contributed by atoms with Gasteiger partial charge in [0.25, 0.3) is 0 Å². The molecule has 88 valence electrons. The van der Waals surface area contributed by atoms with Gasteiger partial charge in [-0.25, -0.2) is 0 Å². The zero-order valence-electron chi connectivity index (χ0n) is 10.5. The lowest BCUT2D eigenvalue weighted by Gasteiger charge is -2.05. The highest BCUT2D eigenvalue weighted by Gasteiger charge is 2.06. The lowest BCUT2D eigenvalue weighted by Crippen LogP contribution is -2.00. The number of anilines is 1. The van der Waals surface area contributed by atoms with Crippen molar-refractivity contribution in [3.05, 3.63) is 29.3 Å². The van der Waals surface area contributed by atoms with Crippen molar-refractivity contribution in [2.75, 3.05) is 12.4 Å². The van der Waals surface area contributed by atoms with Crippen LogP contribution in [-0.4, -0.2) is 18.6 Å². The first-order valence-electron chi connectivity index (χ1n) is 5.39. The minimum atomic E-state index is -0.0374. The Morgan fingerprint density at radius 3 is 1.56 bits per heavy atom. The van der Waals surface area contributed by atoms with E-state index in [1.54, 1.807) is 25.2 Å². The van der Waals surface area contributed by atoms with Crippen LogP contribution in [0, 0.1) is 0 Å². The number of hydrogen-bond donors (Lipinski definition) is 1. The average Bonchev–Trinajstić information content (AvgIpc) is 2.30. The fourth-order valence-electron chi connectivity index (χ4n) is 1.18. The van der Waals surface area contributed by atoms with Crippen molar-refractivity contribution in [1.82, 2.24) is 0 Å². The van der Waals surface area contributed by atoms with Crippen molar-refractivity contribution >= 4 is 17.3 Å². The molecule has 0 aliphatic carbocycles. The van der Waals surface area contributed by atoms with Gasteiger partial charge in [0.1, 0.15) is 0 Å². The van der Waals surface area contributed by atoms with Gasteiger partial charge in [-0.2, -0.15) is 0 Å². The summed E-state index contributed by atoms with van der Waals surface area (Å²) in [4.78, 5) is 22.3. The molecular formula is C13H19NO2. The third kappa shape index (κ3) is 3.85. The van der Waals surface area contributed by atoms with Gasteiger partial charge in [-0.15, -0.1) is 0 Å². The Kier molecular flexibility index (Phi) is 6.08. The van der Waals surface area contributed by atoms with Crippen molar-refractivity contribution in [2.24, 2.45) is 0 Å². The fourth-order valence-corrected chi connectivity index (χ4v) is 1.18.